The van der Waals surface area contributed by atoms with Crippen LogP contribution in [-0.2, 0) is 22.4 Å². The van der Waals surface area contributed by atoms with Gasteiger partial charge in [-0.3, -0.25) is 4.79 Å². The van der Waals surface area contributed by atoms with E-state index in [0.717, 1.165) is 23.2 Å². The summed E-state index contributed by atoms with van der Waals surface area (Å²) < 4.78 is -0.121. The van der Waals surface area contributed by atoms with E-state index in [1.807, 2.05) is 24.5 Å². The Bertz CT molecular complexity index is 512. The van der Waals surface area contributed by atoms with Crippen LogP contribution in [0.3, 0.4) is 0 Å². The van der Waals surface area contributed by atoms with Gasteiger partial charge in [0, 0.05) is 23.5 Å². The van der Waals surface area contributed by atoms with Crippen LogP contribution < -0.4 is 10.4 Å². The number of carbonyl (C=O) groups is 1. The summed E-state index contributed by atoms with van der Waals surface area (Å²) in [6.07, 6.45) is 3.58. The first kappa shape index (κ1) is 10.6. The minimum Gasteiger partial charge on any atom is -0.291 e. The molecule has 2 aliphatic heterocycles. The minimum atomic E-state index is -0.349. The summed E-state index contributed by atoms with van der Waals surface area (Å²) in [6.45, 7) is 0.608. The topological polar surface area (TPSA) is 60.2 Å². The molecule has 2 atom stereocenters. The normalized spacial score (nSPS) is 30.9. The molecule has 0 saturated heterocycles. The second-order valence-electron chi connectivity index (χ2n) is 4.88. The Hall–Kier alpha value is -1.52. The first-order valence-corrected chi connectivity index (χ1v) is 5.84. The lowest BCUT2D eigenvalue weighted by atomic mass is 9.96. The molecule has 2 N–H and O–H groups in total. The Labute approximate surface area is 99.6 Å². The first-order valence-electron chi connectivity index (χ1n) is 5.84. The molecule has 3 rings (SSSR count). The molecule has 1 amide bonds. The lowest BCUT2D eigenvalue weighted by molar-refractivity contribution is -0.130. The lowest BCUT2D eigenvalue weighted by Crippen LogP contribution is -2.59. The van der Waals surface area contributed by atoms with Gasteiger partial charge < -0.3 is 0 Å². The SMILES string of the molecule is N[N+]12CCc3cccc(c31)CC([C]=O)CC2=O. The number of nitrogens with zero attached hydrogens (tertiary/aromatic N) is 1. The highest BCUT2D eigenvalue weighted by atomic mass is 16.2. The molecule has 17 heavy (non-hydrogen) atoms. The van der Waals surface area contributed by atoms with Crippen LogP contribution in [-0.4, -0.2) is 18.7 Å². The van der Waals surface area contributed by atoms with E-state index < -0.39 is 0 Å². The Morgan fingerprint density at radius 1 is 1.29 bits per heavy atom. The fourth-order valence-electron chi connectivity index (χ4n) is 2.98. The zero-order chi connectivity index (χ0) is 12.0. The molecule has 2 unspecified atom stereocenters. The summed E-state index contributed by atoms with van der Waals surface area (Å²) in [5, 5.41) is 0. The molecule has 0 aromatic heterocycles. The van der Waals surface area contributed by atoms with Crippen molar-refractivity contribution in [2.24, 2.45) is 11.8 Å². The maximum absolute atomic E-state index is 12.2. The van der Waals surface area contributed by atoms with Crippen molar-refractivity contribution in [3.8, 4) is 0 Å². The molecule has 1 aromatic rings. The molecule has 4 heteroatoms. The van der Waals surface area contributed by atoms with Crippen LogP contribution in [0.25, 0.3) is 0 Å². The quantitative estimate of drug-likeness (QED) is 0.437. The van der Waals surface area contributed by atoms with Crippen LogP contribution >= 0.6 is 0 Å². The van der Waals surface area contributed by atoms with Crippen molar-refractivity contribution in [1.29, 1.82) is 0 Å². The molecule has 1 radical (unpaired) electrons. The summed E-state index contributed by atoms with van der Waals surface area (Å²) in [5.41, 5.74) is 3.10. The predicted octanol–water partition coefficient (Wildman–Crippen LogP) is 0.622. The van der Waals surface area contributed by atoms with E-state index in [9.17, 15) is 9.59 Å². The van der Waals surface area contributed by atoms with E-state index in [2.05, 4.69) is 0 Å². The van der Waals surface area contributed by atoms with Crippen molar-refractivity contribution < 1.29 is 9.59 Å². The molecule has 2 heterocycles. The molecule has 2 aliphatic rings. The minimum absolute atomic E-state index is 0.0675. The smallest absolute Gasteiger partial charge is 0.291 e. The van der Waals surface area contributed by atoms with E-state index in [0.29, 0.717) is 13.0 Å². The van der Waals surface area contributed by atoms with Gasteiger partial charge in [-0.1, -0.05) is 18.2 Å². The average Bonchev–Trinajstić information content (AvgIpc) is 2.63. The van der Waals surface area contributed by atoms with Gasteiger partial charge in [-0.15, -0.1) is 0 Å². The molecule has 87 valence electrons. The summed E-state index contributed by atoms with van der Waals surface area (Å²) in [7, 11) is 0. The molecular weight excluding hydrogens is 216 g/mol. The van der Waals surface area contributed by atoms with E-state index in [1.54, 1.807) is 0 Å². The van der Waals surface area contributed by atoms with Gasteiger partial charge in [0.25, 0.3) is 0 Å². The molecule has 0 aliphatic carbocycles. The Balaban J connectivity index is 2.22. The highest BCUT2D eigenvalue weighted by Crippen LogP contribution is 2.39. The van der Waals surface area contributed by atoms with Crippen molar-refractivity contribution in [3.05, 3.63) is 29.3 Å². The zero-order valence-corrected chi connectivity index (χ0v) is 9.48. The van der Waals surface area contributed by atoms with Crippen molar-refractivity contribution in [2.75, 3.05) is 6.54 Å². The summed E-state index contributed by atoms with van der Waals surface area (Å²) in [5.74, 6) is 5.82. The van der Waals surface area contributed by atoms with Crippen LogP contribution in [0.1, 0.15) is 17.5 Å². The number of hydrogen-bond acceptors (Lipinski definition) is 3. The van der Waals surface area contributed by atoms with Crippen molar-refractivity contribution in [3.63, 3.8) is 0 Å². The number of quaternary nitrogens is 1. The highest BCUT2D eigenvalue weighted by molar-refractivity contribution is 5.93. The van der Waals surface area contributed by atoms with Crippen molar-refractivity contribution in [2.45, 2.75) is 19.3 Å². The number of benzene rings is 1. The van der Waals surface area contributed by atoms with E-state index in [-0.39, 0.29) is 22.8 Å². The fraction of sp³-hybridized carbons (Fsp3) is 0.385. The standard InChI is InChI=1S/C13H14N2O2/c14-15-5-4-10-2-1-3-11(13(10)15)6-9(8-16)7-12(15)17/h1-3,9H,4-7,14H2/q+1. The van der Waals surface area contributed by atoms with Crippen molar-refractivity contribution >= 4 is 17.9 Å². The van der Waals surface area contributed by atoms with Crippen LogP contribution in [0.15, 0.2) is 18.2 Å². The van der Waals surface area contributed by atoms with E-state index in [1.165, 1.54) is 0 Å². The van der Waals surface area contributed by atoms with Gasteiger partial charge in [-0.25, -0.2) is 4.79 Å². The van der Waals surface area contributed by atoms with Gasteiger partial charge >= 0.3 is 5.91 Å². The highest BCUT2D eigenvalue weighted by Gasteiger charge is 2.47. The predicted molar refractivity (Wildman–Crippen MR) is 63.5 cm³/mol. The lowest BCUT2D eigenvalue weighted by Gasteiger charge is -2.24. The number of rotatable bonds is 1. The third-order valence-corrected chi connectivity index (χ3v) is 3.84. The molecular formula is C13H14N2O2+. The monoisotopic (exact) mass is 230 g/mol. The fourth-order valence-corrected chi connectivity index (χ4v) is 2.98. The Morgan fingerprint density at radius 2 is 2.06 bits per heavy atom. The van der Waals surface area contributed by atoms with Gasteiger partial charge in [0.05, 0.1) is 6.42 Å². The molecule has 0 fully saturated rings. The summed E-state index contributed by atoms with van der Waals surface area (Å²) in [6, 6.07) is 5.96. The molecule has 0 bridgehead atoms. The molecule has 4 nitrogen and oxygen atoms in total. The van der Waals surface area contributed by atoms with E-state index >= 15 is 0 Å². The van der Waals surface area contributed by atoms with Crippen LogP contribution in [0, 0.1) is 5.92 Å². The van der Waals surface area contributed by atoms with Gasteiger partial charge in [-0.05, 0) is 6.42 Å². The summed E-state index contributed by atoms with van der Waals surface area (Å²) in [4.78, 5) is 23.1. The molecule has 0 saturated carbocycles. The van der Waals surface area contributed by atoms with Crippen LogP contribution in [0.2, 0.25) is 0 Å². The third-order valence-electron chi connectivity index (χ3n) is 3.84. The average molecular weight is 230 g/mol. The van der Waals surface area contributed by atoms with Crippen molar-refractivity contribution in [1.82, 2.24) is 4.59 Å². The second-order valence-corrected chi connectivity index (χ2v) is 4.88. The Morgan fingerprint density at radius 3 is 2.82 bits per heavy atom. The maximum atomic E-state index is 12.2. The number of hydrogen-bond donors (Lipinski definition) is 1. The van der Waals surface area contributed by atoms with Crippen LogP contribution in [0.4, 0.5) is 5.69 Å². The van der Waals surface area contributed by atoms with E-state index in [4.69, 9.17) is 5.84 Å². The molecule has 0 spiro atoms. The summed E-state index contributed by atoms with van der Waals surface area (Å²) >= 11 is 0. The van der Waals surface area contributed by atoms with Gasteiger partial charge in [0.1, 0.15) is 6.54 Å². The third kappa shape index (κ3) is 1.38. The second kappa shape index (κ2) is 3.48. The number of amides is 1. The van der Waals surface area contributed by atoms with Gasteiger partial charge in [-0.2, -0.15) is 10.4 Å². The van der Waals surface area contributed by atoms with Gasteiger partial charge in [0.2, 0.25) is 6.29 Å². The maximum Gasteiger partial charge on any atom is 0.338 e. The number of carbonyl (C=O) groups excluding carboxylic acids is 2. The first-order chi connectivity index (χ1) is 8.15. The number of nitrogens with two attached hydrogens (primary N) is 1. The number of para-hydroxylation sites is 1. The zero-order valence-electron chi connectivity index (χ0n) is 9.48. The van der Waals surface area contributed by atoms with Crippen LogP contribution in [0.5, 0.6) is 0 Å². The largest absolute Gasteiger partial charge is 0.338 e. The van der Waals surface area contributed by atoms with Gasteiger partial charge in [0.15, 0.2) is 5.69 Å². The molecule has 1 aromatic carbocycles. The Kier molecular flexibility index (Phi) is 2.18.